The number of rotatable bonds is 3. The van der Waals surface area contributed by atoms with E-state index in [1.54, 1.807) is 12.1 Å². The van der Waals surface area contributed by atoms with Gasteiger partial charge in [-0.2, -0.15) is 0 Å². The van der Waals surface area contributed by atoms with Gasteiger partial charge in [0, 0.05) is 18.7 Å². The third-order valence-corrected chi connectivity index (χ3v) is 3.79. The Bertz CT molecular complexity index is 703. The third-order valence-electron chi connectivity index (χ3n) is 3.79. The monoisotopic (exact) mass is 312 g/mol. The number of hydrogen-bond acceptors (Lipinski definition) is 4. The van der Waals surface area contributed by atoms with Crippen LogP contribution in [0.5, 0.6) is 0 Å². The number of carboxylic acids is 1. The molecule has 0 saturated carbocycles. The molecule has 23 heavy (non-hydrogen) atoms. The van der Waals surface area contributed by atoms with E-state index in [1.807, 2.05) is 30.3 Å². The molecule has 1 unspecified atom stereocenters. The fraction of sp³-hybridized carbons (Fsp3) is 0.250. The van der Waals surface area contributed by atoms with Gasteiger partial charge in [-0.05, 0) is 18.6 Å². The summed E-state index contributed by atoms with van der Waals surface area (Å²) in [6, 6.07) is 12.7. The minimum absolute atomic E-state index is 0.219. The minimum atomic E-state index is -0.868. The summed E-state index contributed by atoms with van der Waals surface area (Å²) < 4.78 is 0. The molecule has 1 aromatic carbocycles. The van der Waals surface area contributed by atoms with E-state index in [0.717, 1.165) is 11.3 Å². The molecule has 1 aliphatic rings. The molecule has 1 saturated heterocycles. The molecule has 1 aromatic heterocycles. The molecule has 2 amide bonds. The SMILES string of the molecule is O=C(O)C1CCN(C(=O)Nc2ccc(-c3ccccc3)nn2)C1. The van der Waals surface area contributed by atoms with Crippen molar-refractivity contribution in [3.63, 3.8) is 0 Å². The Balaban J connectivity index is 1.62. The first-order valence-corrected chi connectivity index (χ1v) is 7.31. The van der Waals surface area contributed by atoms with E-state index in [9.17, 15) is 9.59 Å². The topological polar surface area (TPSA) is 95.4 Å². The quantitative estimate of drug-likeness (QED) is 0.904. The van der Waals surface area contributed by atoms with Gasteiger partial charge in [0.25, 0.3) is 0 Å². The number of carbonyl (C=O) groups is 2. The molecule has 0 spiro atoms. The summed E-state index contributed by atoms with van der Waals surface area (Å²) in [5.41, 5.74) is 1.66. The standard InChI is InChI=1S/C16H16N4O3/c21-15(22)12-8-9-20(10-12)16(23)17-14-7-6-13(18-19-14)11-4-2-1-3-5-11/h1-7,12H,8-10H2,(H,21,22)(H,17,19,23). The maximum Gasteiger partial charge on any atom is 0.323 e. The van der Waals surface area contributed by atoms with Crippen molar-refractivity contribution < 1.29 is 14.7 Å². The van der Waals surface area contributed by atoms with E-state index in [0.29, 0.717) is 18.8 Å². The van der Waals surface area contributed by atoms with Crippen molar-refractivity contribution in [2.45, 2.75) is 6.42 Å². The van der Waals surface area contributed by atoms with E-state index < -0.39 is 11.9 Å². The van der Waals surface area contributed by atoms with Gasteiger partial charge in [0.15, 0.2) is 5.82 Å². The van der Waals surface area contributed by atoms with Crippen molar-refractivity contribution in [3.8, 4) is 11.3 Å². The minimum Gasteiger partial charge on any atom is -0.481 e. The summed E-state index contributed by atoms with van der Waals surface area (Å²) in [6.07, 6.45) is 0.474. The van der Waals surface area contributed by atoms with Gasteiger partial charge < -0.3 is 10.0 Å². The molecule has 1 atom stereocenters. The van der Waals surface area contributed by atoms with Crippen molar-refractivity contribution in [2.75, 3.05) is 18.4 Å². The largest absolute Gasteiger partial charge is 0.481 e. The number of aromatic nitrogens is 2. The van der Waals surface area contributed by atoms with Gasteiger partial charge in [0.2, 0.25) is 0 Å². The molecular formula is C16H16N4O3. The highest BCUT2D eigenvalue weighted by Crippen LogP contribution is 2.19. The summed E-state index contributed by atoms with van der Waals surface area (Å²) >= 11 is 0. The van der Waals surface area contributed by atoms with Crippen LogP contribution in [0.1, 0.15) is 6.42 Å². The Morgan fingerprint density at radius 3 is 2.52 bits per heavy atom. The summed E-state index contributed by atoms with van der Waals surface area (Å²) in [7, 11) is 0. The number of carbonyl (C=O) groups excluding carboxylic acids is 1. The number of benzene rings is 1. The lowest BCUT2D eigenvalue weighted by molar-refractivity contribution is -0.141. The van der Waals surface area contributed by atoms with Crippen molar-refractivity contribution in [1.29, 1.82) is 0 Å². The number of nitrogens with zero attached hydrogens (tertiary/aromatic N) is 3. The summed E-state index contributed by atoms with van der Waals surface area (Å²) in [6.45, 7) is 0.648. The fourth-order valence-corrected chi connectivity index (χ4v) is 2.50. The van der Waals surface area contributed by atoms with Crippen LogP contribution >= 0.6 is 0 Å². The Morgan fingerprint density at radius 1 is 1.13 bits per heavy atom. The fourth-order valence-electron chi connectivity index (χ4n) is 2.50. The number of carboxylic acid groups (broad SMARTS) is 1. The van der Waals surface area contributed by atoms with Crippen LogP contribution in [0.4, 0.5) is 10.6 Å². The molecular weight excluding hydrogens is 296 g/mol. The number of nitrogens with one attached hydrogen (secondary N) is 1. The number of anilines is 1. The molecule has 118 valence electrons. The molecule has 2 aromatic rings. The smallest absolute Gasteiger partial charge is 0.323 e. The molecule has 2 N–H and O–H groups in total. The molecule has 1 aliphatic heterocycles. The average molecular weight is 312 g/mol. The number of likely N-dealkylation sites (tertiary alicyclic amines) is 1. The first-order chi connectivity index (χ1) is 11.1. The zero-order valence-corrected chi connectivity index (χ0v) is 12.3. The predicted octanol–water partition coefficient (Wildman–Crippen LogP) is 2.08. The lowest BCUT2D eigenvalue weighted by Gasteiger charge is -2.16. The van der Waals surface area contributed by atoms with Crippen LogP contribution in [0.25, 0.3) is 11.3 Å². The Morgan fingerprint density at radius 2 is 1.91 bits per heavy atom. The predicted molar refractivity (Wildman–Crippen MR) is 83.8 cm³/mol. The molecule has 0 radical (unpaired) electrons. The highest BCUT2D eigenvalue weighted by molar-refractivity contribution is 5.89. The molecule has 0 bridgehead atoms. The van der Waals surface area contributed by atoms with Crippen molar-refractivity contribution in [2.24, 2.45) is 5.92 Å². The van der Waals surface area contributed by atoms with Crippen LogP contribution in [-0.4, -0.2) is 45.3 Å². The highest BCUT2D eigenvalue weighted by Gasteiger charge is 2.30. The van der Waals surface area contributed by atoms with Crippen molar-refractivity contribution in [1.82, 2.24) is 15.1 Å². The lowest BCUT2D eigenvalue weighted by Crippen LogP contribution is -2.34. The Kier molecular flexibility index (Phi) is 4.18. The molecule has 7 nitrogen and oxygen atoms in total. The van der Waals surface area contributed by atoms with Gasteiger partial charge in [-0.3, -0.25) is 10.1 Å². The van der Waals surface area contributed by atoms with Crippen molar-refractivity contribution in [3.05, 3.63) is 42.5 Å². The first-order valence-electron chi connectivity index (χ1n) is 7.31. The number of hydrogen-bond donors (Lipinski definition) is 2. The second kappa shape index (κ2) is 6.43. The van der Waals surface area contributed by atoms with Crippen LogP contribution in [0.3, 0.4) is 0 Å². The summed E-state index contributed by atoms with van der Waals surface area (Å²) in [5, 5.41) is 19.7. The van der Waals surface area contributed by atoms with Gasteiger partial charge in [0.1, 0.15) is 0 Å². The zero-order valence-electron chi connectivity index (χ0n) is 12.3. The Hall–Kier alpha value is -2.96. The van der Waals surface area contributed by atoms with E-state index >= 15 is 0 Å². The maximum absolute atomic E-state index is 12.1. The van der Waals surface area contributed by atoms with Crippen molar-refractivity contribution >= 4 is 17.8 Å². The summed E-state index contributed by atoms with van der Waals surface area (Å²) in [5.74, 6) is -1.02. The summed E-state index contributed by atoms with van der Waals surface area (Å²) in [4.78, 5) is 24.5. The second-order valence-electron chi connectivity index (χ2n) is 5.37. The van der Waals surface area contributed by atoms with E-state index in [-0.39, 0.29) is 12.6 Å². The molecule has 0 aliphatic carbocycles. The molecule has 3 rings (SSSR count). The van der Waals surface area contributed by atoms with Gasteiger partial charge >= 0.3 is 12.0 Å². The zero-order chi connectivity index (χ0) is 16.2. The molecule has 7 heteroatoms. The van der Waals surface area contributed by atoms with Gasteiger partial charge in [-0.25, -0.2) is 4.79 Å². The van der Waals surface area contributed by atoms with E-state index in [4.69, 9.17) is 5.11 Å². The second-order valence-corrected chi connectivity index (χ2v) is 5.37. The third kappa shape index (κ3) is 3.45. The number of urea groups is 1. The van der Waals surface area contributed by atoms with Crippen LogP contribution in [0, 0.1) is 5.92 Å². The van der Waals surface area contributed by atoms with Gasteiger partial charge in [-0.15, -0.1) is 10.2 Å². The Labute approximate surface area is 133 Å². The van der Waals surface area contributed by atoms with Crippen LogP contribution in [0.15, 0.2) is 42.5 Å². The molecule has 1 fully saturated rings. The number of amides is 2. The average Bonchev–Trinajstić information content (AvgIpc) is 3.07. The highest BCUT2D eigenvalue weighted by atomic mass is 16.4. The maximum atomic E-state index is 12.1. The molecule has 2 heterocycles. The number of aliphatic carboxylic acids is 1. The normalized spacial score (nSPS) is 17.0. The van der Waals surface area contributed by atoms with Crippen LogP contribution < -0.4 is 5.32 Å². The van der Waals surface area contributed by atoms with Crippen LogP contribution in [-0.2, 0) is 4.79 Å². The van der Waals surface area contributed by atoms with E-state index in [1.165, 1.54) is 4.90 Å². The van der Waals surface area contributed by atoms with Gasteiger partial charge in [-0.1, -0.05) is 30.3 Å². The lowest BCUT2D eigenvalue weighted by atomic mass is 10.1. The first kappa shape index (κ1) is 15.0. The van der Waals surface area contributed by atoms with E-state index in [2.05, 4.69) is 15.5 Å². The van der Waals surface area contributed by atoms with Gasteiger partial charge in [0.05, 0.1) is 11.6 Å². The van der Waals surface area contributed by atoms with Crippen LogP contribution in [0.2, 0.25) is 0 Å².